The molecule has 0 aliphatic heterocycles. The average molecular weight is 248 g/mol. The van der Waals surface area contributed by atoms with Gasteiger partial charge in [-0.15, -0.1) is 0 Å². The Hall–Kier alpha value is -1.68. The van der Waals surface area contributed by atoms with Crippen LogP contribution in [0, 0.1) is 5.82 Å². The topological polar surface area (TPSA) is 38.0 Å². The zero-order chi connectivity index (χ0) is 13.1. The highest BCUT2D eigenvalue weighted by Gasteiger charge is 2.11. The first-order chi connectivity index (χ1) is 8.63. The summed E-state index contributed by atoms with van der Waals surface area (Å²) in [6.45, 7) is 3.68. The normalized spacial score (nSPS) is 12.7. The number of imidazole rings is 1. The minimum Gasteiger partial charge on any atom is -0.389 e. The molecule has 2 aromatic rings. The van der Waals surface area contributed by atoms with E-state index >= 15 is 0 Å². The Morgan fingerprint density at radius 3 is 2.83 bits per heavy atom. The van der Waals surface area contributed by atoms with Gasteiger partial charge in [0.05, 0.1) is 11.8 Å². The highest BCUT2D eigenvalue weighted by Crippen LogP contribution is 2.20. The van der Waals surface area contributed by atoms with E-state index in [1.807, 2.05) is 0 Å². The number of rotatable bonds is 4. The molecular formula is C14H17FN2O. The van der Waals surface area contributed by atoms with Gasteiger partial charge in [-0.25, -0.2) is 9.37 Å². The number of aromatic nitrogens is 2. The van der Waals surface area contributed by atoms with Crippen LogP contribution in [0.1, 0.15) is 37.8 Å². The largest absolute Gasteiger partial charge is 0.389 e. The Morgan fingerprint density at radius 1 is 1.44 bits per heavy atom. The van der Waals surface area contributed by atoms with Crippen LogP contribution in [0.3, 0.4) is 0 Å². The molecule has 96 valence electrons. The second-order valence-corrected chi connectivity index (χ2v) is 4.35. The smallest absolute Gasteiger partial charge is 0.147 e. The fraction of sp³-hybridized carbons (Fsp3) is 0.357. The van der Waals surface area contributed by atoms with Crippen LogP contribution in [0.25, 0.3) is 5.69 Å². The minimum atomic E-state index is -0.661. The highest BCUT2D eigenvalue weighted by atomic mass is 19.1. The quantitative estimate of drug-likeness (QED) is 0.903. The lowest BCUT2D eigenvalue weighted by Crippen LogP contribution is -2.04. The summed E-state index contributed by atoms with van der Waals surface area (Å²) < 4.78 is 15.8. The Balaban J connectivity index is 2.41. The van der Waals surface area contributed by atoms with Crippen LogP contribution in [0.4, 0.5) is 4.39 Å². The molecule has 4 heteroatoms. The summed E-state index contributed by atoms with van der Waals surface area (Å²) in [5, 5.41) is 9.42. The maximum Gasteiger partial charge on any atom is 0.147 e. The van der Waals surface area contributed by atoms with Crippen molar-refractivity contribution in [3.05, 3.63) is 47.8 Å². The van der Waals surface area contributed by atoms with Crippen molar-refractivity contribution in [3.8, 4) is 5.69 Å². The third kappa shape index (κ3) is 2.43. The van der Waals surface area contributed by atoms with Crippen LogP contribution in [-0.4, -0.2) is 14.7 Å². The summed E-state index contributed by atoms with van der Waals surface area (Å²) in [7, 11) is 0. The second kappa shape index (κ2) is 5.31. The van der Waals surface area contributed by atoms with Crippen LogP contribution in [0.15, 0.2) is 30.6 Å². The number of benzene rings is 1. The molecule has 0 saturated heterocycles. The summed E-state index contributed by atoms with van der Waals surface area (Å²) in [6, 6.07) is 4.78. The molecule has 1 atom stereocenters. The summed E-state index contributed by atoms with van der Waals surface area (Å²) in [6.07, 6.45) is 4.54. The van der Waals surface area contributed by atoms with Crippen molar-refractivity contribution in [3.63, 3.8) is 0 Å². The first-order valence-electron chi connectivity index (χ1n) is 6.13. The molecule has 0 bridgehead atoms. The molecule has 1 unspecified atom stereocenters. The van der Waals surface area contributed by atoms with E-state index in [-0.39, 0.29) is 5.82 Å². The van der Waals surface area contributed by atoms with Gasteiger partial charge in [0.15, 0.2) is 0 Å². The van der Waals surface area contributed by atoms with Gasteiger partial charge < -0.3 is 9.67 Å². The molecule has 0 fully saturated rings. The molecule has 0 aliphatic rings. The molecule has 1 aromatic heterocycles. The first-order valence-corrected chi connectivity index (χ1v) is 6.13. The molecule has 18 heavy (non-hydrogen) atoms. The van der Waals surface area contributed by atoms with Crippen LogP contribution in [0.2, 0.25) is 0 Å². The van der Waals surface area contributed by atoms with Gasteiger partial charge in [0.2, 0.25) is 0 Å². The highest BCUT2D eigenvalue weighted by molar-refractivity contribution is 5.38. The van der Waals surface area contributed by atoms with Crippen molar-refractivity contribution in [2.75, 3.05) is 0 Å². The SMILES string of the molecule is CCCc1nccn1-c1ccc(C(C)O)cc1F. The van der Waals surface area contributed by atoms with Crippen LogP contribution < -0.4 is 0 Å². The number of hydrogen-bond donors (Lipinski definition) is 1. The first kappa shape index (κ1) is 12.8. The summed E-state index contributed by atoms with van der Waals surface area (Å²) in [4.78, 5) is 4.23. The summed E-state index contributed by atoms with van der Waals surface area (Å²) >= 11 is 0. The zero-order valence-electron chi connectivity index (χ0n) is 10.6. The van der Waals surface area contributed by atoms with Crippen molar-refractivity contribution in [2.24, 2.45) is 0 Å². The zero-order valence-corrected chi connectivity index (χ0v) is 10.6. The Kier molecular flexibility index (Phi) is 3.77. The van der Waals surface area contributed by atoms with E-state index in [1.54, 1.807) is 36.0 Å². The number of nitrogens with zero attached hydrogens (tertiary/aromatic N) is 2. The fourth-order valence-electron chi connectivity index (χ4n) is 1.94. The van der Waals surface area contributed by atoms with E-state index in [4.69, 9.17) is 0 Å². The van der Waals surface area contributed by atoms with Crippen molar-refractivity contribution in [1.29, 1.82) is 0 Å². The number of aliphatic hydroxyl groups excluding tert-OH is 1. The van der Waals surface area contributed by atoms with Gasteiger partial charge in [-0.3, -0.25) is 0 Å². The molecule has 1 aromatic carbocycles. The number of hydrogen-bond acceptors (Lipinski definition) is 2. The third-order valence-corrected chi connectivity index (χ3v) is 2.90. The van der Waals surface area contributed by atoms with Gasteiger partial charge in [0.25, 0.3) is 0 Å². The predicted molar refractivity (Wildman–Crippen MR) is 68.2 cm³/mol. The molecule has 1 N–H and O–H groups in total. The molecule has 0 spiro atoms. The molecule has 1 heterocycles. The van der Waals surface area contributed by atoms with E-state index in [2.05, 4.69) is 11.9 Å². The number of aryl methyl sites for hydroxylation is 1. The standard InChI is InChI=1S/C14H17FN2O/c1-3-4-14-16-7-8-17(14)13-6-5-11(10(2)18)9-12(13)15/h5-10,18H,3-4H2,1-2H3. The third-order valence-electron chi connectivity index (χ3n) is 2.90. The van der Waals surface area contributed by atoms with Crippen molar-refractivity contribution in [1.82, 2.24) is 9.55 Å². The van der Waals surface area contributed by atoms with Gasteiger partial charge >= 0.3 is 0 Å². The number of aliphatic hydroxyl groups is 1. The van der Waals surface area contributed by atoms with Gasteiger partial charge in [0, 0.05) is 18.8 Å². The minimum absolute atomic E-state index is 0.344. The van der Waals surface area contributed by atoms with Crippen LogP contribution in [-0.2, 0) is 6.42 Å². The van der Waals surface area contributed by atoms with Gasteiger partial charge in [0.1, 0.15) is 11.6 Å². The maximum absolute atomic E-state index is 14.0. The Labute approximate surface area is 106 Å². The Morgan fingerprint density at radius 2 is 2.22 bits per heavy atom. The molecule has 3 nitrogen and oxygen atoms in total. The molecule has 0 saturated carbocycles. The lowest BCUT2D eigenvalue weighted by Gasteiger charge is -2.11. The maximum atomic E-state index is 14.0. The van der Waals surface area contributed by atoms with E-state index in [1.165, 1.54) is 6.07 Å². The van der Waals surface area contributed by atoms with E-state index in [9.17, 15) is 9.50 Å². The van der Waals surface area contributed by atoms with Crippen LogP contribution in [0.5, 0.6) is 0 Å². The summed E-state index contributed by atoms with van der Waals surface area (Å²) in [5.41, 5.74) is 1.05. The average Bonchev–Trinajstić information content (AvgIpc) is 2.77. The van der Waals surface area contributed by atoms with Crippen LogP contribution >= 0.6 is 0 Å². The predicted octanol–water partition coefficient (Wildman–Crippen LogP) is 3.02. The fourth-order valence-corrected chi connectivity index (χ4v) is 1.94. The van der Waals surface area contributed by atoms with Crippen molar-refractivity contribution < 1.29 is 9.50 Å². The number of halogens is 1. The van der Waals surface area contributed by atoms with Crippen molar-refractivity contribution >= 4 is 0 Å². The monoisotopic (exact) mass is 248 g/mol. The van der Waals surface area contributed by atoms with Gasteiger partial charge in [-0.2, -0.15) is 0 Å². The molecule has 0 aliphatic carbocycles. The lowest BCUT2D eigenvalue weighted by atomic mass is 10.1. The molecule has 0 amide bonds. The Bertz CT molecular complexity index is 534. The molecule has 2 rings (SSSR count). The van der Waals surface area contributed by atoms with Crippen molar-refractivity contribution in [2.45, 2.75) is 32.8 Å². The van der Waals surface area contributed by atoms with E-state index in [0.29, 0.717) is 11.3 Å². The molecule has 0 radical (unpaired) electrons. The second-order valence-electron chi connectivity index (χ2n) is 4.35. The van der Waals surface area contributed by atoms with E-state index < -0.39 is 6.10 Å². The summed E-state index contributed by atoms with van der Waals surface area (Å²) in [5.74, 6) is 0.505. The lowest BCUT2D eigenvalue weighted by molar-refractivity contribution is 0.199. The van der Waals surface area contributed by atoms with E-state index in [0.717, 1.165) is 18.7 Å². The molecular weight excluding hydrogens is 231 g/mol. The van der Waals surface area contributed by atoms with Gasteiger partial charge in [-0.1, -0.05) is 13.0 Å². The van der Waals surface area contributed by atoms with Gasteiger partial charge in [-0.05, 0) is 31.0 Å².